The van der Waals surface area contributed by atoms with Crippen LogP contribution in [0.4, 0.5) is 5.95 Å². The molecule has 0 amide bonds. The van der Waals surface area contributed by atoms with E-state index >= 15 is 0 Å². The number of halogens is 1. The lowest BCUT2D eigenvalue weighted by Gasteiger charge is -2.12. The van der Waals surface area contributed by atoms with Crippen LogP contribution in [-0.4, -0.2) is 15.6 Å². The Balaban J connectivity index is 2.13. The summed E-state index contributed by atoms with van der Waals surface area (Å²) in [7, 11) is 0. The molecule has 1 aromatic carbocycles. The quantitative estimate of drug-likeness (QED) is 0.900. The van der Waals surface area contributed by atoms with Crippen LogP contribution in [0.3, 0.4) is 0 Å². The summed E-state index contributed by atoms with van der Waals surface area (Å²) in [6, 6.07) is 8.25. The summed E-state index contributed by atoms with van der Waals surface area (Å²) in [4.78, 5) is 4.30. The van der Waals surface area contributed by atoms with E-state index in [4.69, 9.17) is 11.6 Å². The molecular weight excluding hydrogens is 234 g/mol. The van der Waals surface area contributed by atoms with Crippen molar-refractivity contribution in [1.29, 1.82) is 0 Å². The highest BCUT2D eigenvalue weighted by atomic mass is 35.5. The molecule has 0 spiro atoms. The van der Waals surface area contributed by atoms with Gasteiger partial charge in [0.2, 0.25) is 5.95 Å². The summed E-state index contributed by atoms with van der Waals surface area (Å²) in [5.74, 6) is 0.898. The van der Waals surface area contributed by atoms with E-state index in [1.54, 1.807) is 6.20 Å². The fourth-order valence-electron chi connectivity index (χ4n) is 1.62. The molecule has 2 rings (SSSR count). The van der Waals surface area contributed by atoms with E-state index in [9.17, 15) is 0 Å². The number of hydrogen-bond acceptors (Lipinski definition) is 2. The van der Waals surface area contributed by atoms with E-state index in [0.717, 1.165) is 17.5 Å². The molecule has 0 unspecified atom stereocenters. The molecule has 1 N–H and O–H groups in total. The van der Waals surface area contributed by atoms with Crippen molar-refractivity contribution in [3.8, 4) is 0 Å². The first-order valence-electron chi connectivity index (χ1n) is 5.67. The Hall–Kier alpha value is -1.48. The Labute approximate surface area is 106 Å². The molecule has 0 radical (unpaired) electrons. The van der Waals surface area contributed by atoms with E-state index in [-0.39, 0.29) is 0 Å². The summed E-state index contributed by atoms with van der Waals surface area (Å²) in [5, 5.41) is 4.07. The largest absolute Gasteiger partial charge is 0.353 e. The number of rotatable bonds is 4. The zero-order valence-electron chi connectivity index (χ0n) is 10.0. The van der Waals surface area contributed by atoms with Crippen molar-refractivity contribution in [2.24, 2.45) is 0 Å². The number of hydrogen-bond donors (Lipinski definition) is 1. The van der Waals surface area contributed by atoms with Crippen LogP contribution in [0.25, 0.3) is 0 Å². The summed E-state index contributed by atoms with van der Waals surface area (Å²) in [6.45, 7) is 4.99. The first-order chi connectivity index (χ1) is 8.15. The van der Waals surface area contributed by atoms with Gasteiger partial charge in [-0.05, 0) is 31.5 Å². The van der Waals surface area contributed by atoms with Gasteiger partial charge >= 0.3 is 0 Å². The van der Waals surface area contributed by atoms with Crippen LogP contribution in [0, 0.1) is 0 Å². The van der Waals surface area contributed by atoms with Gasteiger partial charge in [-0.2, -0.15) is 0 Å². The maximum absolute atomic E-state index is 5.86. The highest BCUT2D eigenvalue weighted by molar-refractivity contribution is 6.30. The predicted octanol–water partition coefficient (Wildman–Crippen LogP) is 3.41. The number of imidazole rings is 1. The highest BCUT2D eigenvalue weighted by Crippen LogP contribution is 2.13. The van der Waals surface area contributed by atoms with Crippen LogP contribution in [-0.2, 0) is 6.54 Å². The monoisotopic (exact) mass is 249 g/mol. The van der Waals surface area contributed by atoms with Gasteiger partial charge in [0.15, 0.2) is 0 Å². The lowest BCUT2D eigenvalue weighted by atomic mass is 10.2. The minimum Gasteiger partial charge on any atom is -0.353 e. The van der Waals surface area contributed by atoms with E-state index in [2.05, 4.69) is 28.7 Å². The predicted molar refractivity (Wildman–Crippen MR) is 71.5 cm³/mol. The summed E-state index contributed by atoms with van der Waals surface area (Å²) >= 11 is 5.86. The van der Waals surface area contributed by atoms with Crippen LogP contribution >= 0.6 is 11.6 Å². The number of anilines is 1. The smallest absolute Gasteiger partial charge is 0.203 e. The highest BCUT2D eigenvalue weighted by Gasteiger charge is 2.04. The van der Waals surface area contributed by atoms with Crippen LogP contribution in [0.1, 0.15) is 19.4 Å². The number of aromatic nitrogens is 2. The second-order valence-corrected chi connectivity index (χ2v) is 4.74. The standard InChI is InChI=1S/C13H16ClN3/c1-10(2)16-13-15-7-8-17(13)9-11-3-5-12(14)6-4-11/h3-8,10H,9H2,1-2H3,(H,15,16). The Morgan fingerprint density at radius 3 is 2.65 bits per heavy atom. The molecule has 4 heteroatoms. The second kappa shape index (κ2) is 5.23. The molecule has 90 valence electrons. The average molecular weight is 250 g/mol. The molecule has 0 bridgehead atoms. The van der Waals surface area contributed by atoms with Gasteiger partial charge in [-0.15, -0.1) is 0 Å². The topological polar surface area (TPSA) is 29.9 Å². The Kier molecular flexibility index (Phi) is 3.69. The molecule has 0 saturated heterocycles. The fourth-order valence-corrected chi connectivity index (χ4v) is 1.75. The van der Waals surface area contributed by atoms with Crippen molar-refractivity contribution in [1.82, 2.24) is 9.55 Å². The van der Waals surface area contributed by atoms with Gasteiger partial charge in [0.25, 0.3) is 0 Å². The van der Waals surface area contributed by atoms with Crippen molar-refractivity contribution in [3.63, 3.8) is 0 Å². The van der Waals surface area contributed by atoms with Crippen molar-refractivity contribution in [2.45, 2.75) is 26.4 Å². The first-order valence-corrected chi connectivity index (χ1v) is 6.05. The molecule has 3 nitrogen and oxygen atoms in total. The van der Waals surface area contributed by atoms with E-state index in [1.807, 2.05) is 30.5 Å². The molecule has 0 atom stereocenters. The molecule has 0 saturated carbocycles. The van der Waals surface area contributed by atoms with E-state index in [0.29, 0.717) is 6.04 Å². The maximum atomic E-state index is 5.86. The van der Waals surface area contributed by atoms with Gasteiger partial charge in [0, 0.05) is 23.5 Å². The molecule has 1 heterocycles. The third-order valence-electron chi connectivity index (χ3n) is 2.40. The summed E-state index contributed by atoms with van der Waals surface area (Å²) in [5.41, 5.74) is 1.21. The fraction of sp³-hybridized carbons (Fsp3) is 0.308. The Morgan fingerprint density at radius 2 is 2.00 bits per heavy atom. The van der Waals surface area contributed by atoms with Crippen LogP contribution in [0.2, 0.25) is 5.02 Å². The van der Waals surface area contributed by atoms with Crippen LogP contribution in [0.15, 0.2) is 36.7 Å². The minimum absolute atomic E-state index is 0.376. The van der Waals surface area contributed by atoms with Gasteiger partial charge in [-0.1, -0.05) is 23.7 Å². The zero-order valence-corrected chi connectivity index (χ0v) is 10.8. The van der Waals surface area contributed by atoms with Crippen LogP contribution < -0.4 is 5.32 Å². The minimum atomic E-state index is 0.376. The lowest BCUT2D eigenvalue weighted by Crippen LogP contribution is -2.14. The maximum Gasteiger partial charge on any atom is 0.203 e. The molecule has 17 heavy (non-hydrogen) atoms. The zero-order chi connectivity index (χ0) is 12.3. The molecule has 0 aliphatic heterocycles. The molecule has 2 aromatic rings. The molecule has 1 aromatic heterocycles. The van der Waals surface area contributed by atoms with Crippen molar-refractivity contribution in [3.05, 3.63) is 47.2 Å². The van der Waals surface area contributed by atoms with E-state index in [1.165, 1.54) is 5.56 Å². The third kappa shape index (κ3) is 3.24. The Morgan fingerprint density at radius 1 is 1.29 bits per heavy atom. The Bertz CT molecular complexity index is 474. The lowest BCUT2D eigenvalue weighted by molar-refractivity contribution is 0.774. The third-order valence-corrected chi connectivity index (χ3v) is 2.65. The SMILES string of the molecule is CC(C)Nc1nccn1Cc1ccc(Cl)cc1. The summed E-state index contributed by atoms with van der Waals surface area (Å²) in [6.07, 6.45) is 3.78. The number of nitrogens with one attached hydrogen (secondary N) is 1. The van der Waals surface area contributed by atoms with Gasteiger partial charge in [-0.25, -0.2) is 4.98 Å². The molecule has 0 aliphatic carbocycles. The summed E-state index contributed by atoms with van der Waals surface area (Å²) < 4.78 is 2.09. The average Bonchev–Trinajstić information content (AvgIpc) is 2.68. The van der Waals surface area contributed by atoms with Gasteiger partial charge in [-0.3, -0.25) is 0 Å². The normalized spacial score (nSPS) is 10.8. The van der Waals surface area contributed by atoms with Gasteiger partial charge in [0.1, 0.15) is 0 Å². The molecular formula is C13H16ClN3. The van der Waals surface area contributed by atoms with Crippen molar-refractivity contribution >= 4 is 17.5 Å². The number of nitrogens with zero attached hydrogens (tertiary/aromatic N) is 2. The molecule has 0 aliphatic rings. The van der Waals surface area contributed by atoms with Gasteiger partial charge < -0.3 is 9.88 Å². The molecule has 0 fully saturated rings. The first kappa shape index (κ1) is 12.0. The van der Waals surface area contributed by atoms with Crippen molar-refractivity contribution in [2.75, 3.05) is 5.32 Å². The van der Waals surface area contributed by atoms with Gasteiger partial charge in [0.05, 0.1) is 6.54 Å². The second-order valence-electron chi connectivity index (χ2n) is 4.30. The van der Waals surface area contributed by atoms with Crippen LogP contribution in [0.5, 0.6) is 0 Å². The van der Waals surface area contributed by atoms with E-state index < -0.39 is 0 Å². The van der Waals surface area contributed by atoms with Crippen molar-refractivity contribution < 1.29 is 0 Å². The number of benzene rings is 1.